The van der Waals surface area contributed by atoms with Crippen LogP contribution in [0.15, 0.2) is 42.5 Å². The number of hydrogen-bond acceptors (Lipinski definition) is 2. The molecule has 2 heterocycles. The van der Waals surface area contributed by atoms with E-state index < -0.39 is 0 Å². The van der Waals surface area contributed by atoms with Crippen molar-refractivity contribution in [2.45, 2.75) is 38.6 Å². The highest BCUT2D eigenvalue weighted by Gasteiger charge is 2.33. The van der Waals surface area contributed by atoms with Gasteiger partial charge in [-0.15, -0.1) is 0 Å². The maximum Gasteiger partial charge on any atom is 0.242 e. The Balaban J connectivity index is 1.47. The molecule has 3 aromatic rings. The molecule has 2 fully saturated rings. The van der Waals surface area contributed by atoms with Gasteiger partial charge in [0.15, 0.2) is 0 Å². The van der Waals surface area contributed by atoms with Gasteiger partial charge in [-0.2, -0.15) is 0 Å². The molecule has 0 radical (unpaired) electrons. The third-order valence-corrected chi connectivity index (χ3v) is 6.92. The lowest BCUT2D eigenvalue weighted by Crippen LogP contribution is -2.45. The van der Waals surface area contributed by atoms with Crippen molar-refractivity contribution in [2.24, 2.45) is 11.8 Å². The van der Waals surface area contributed by atoms with E-state index in [9.17, 15) is 4.79 Å². The van der Waals surface area contributed by atoms with Crippen LogP contribution in [0.2, 0.25) is 0 Å². The second-order valence-corrected chi connectivity index (χ2v) is 8.42. The Morgan fingerprint density at radius 3 is 2.64 bits per heavy atom. The molecule has 146 valence electrons. The molecular formula is C24H28N2O2. The number of amides is 1. The summed E-state index contributed by atoms with van der Waals surface area (Å²) in [4.78, 5) is 15.4. The number of likely N-dealkylation sites (tertiary alicyclic amines) is 1. The number of methoxy groups -OCH3 is 1. The number of carbonyl (C=O) groups excluding carboxylic acids is 1. The van der Waals surface area contributed by atoms with E-state index in [0.717, 1.165) is 35.8 Å². The van der Waals surface area contributed by atoms with E-state index >= 15 is 0 Å². The maximum atomic E-state index is 13.3. The summed E-state index contributed by atoms with van der Waals surface area (Å²) in [5, 5.41) is 2.37. The van der Waals surface area contributed by atoms with Gasteiger partial charge in [0.2, 0.25) is 5.91 Å². The number of carbonyl (C=O) groups is 1. The second-order valence-electron chi connectivity index (χ2n) is 8.42. The highest BCUT2D eigenvalue weighted by atomic mass is 16.5. The van der Waals surface area contributed by atoms with Crippen LogP contribution in [0.5, 0.6) is 5.75 Å². The first-order chi connectivity index (χ1) is 13.7. The lowest BCUT2D eigenvalue weighted by molar-refractivity contribution is -0.134. The zero-order valence-electron chi connectivity index (χ0n) is 16.6. The second kappa shape index (κ2) is 7.16. The summed E-state index contributed by atoms with van der Waals surface area (Å²) in [6, 6.07) is 14.5. The number of para-hydroxylation sites is 1. The van der Waals surface area contributed by atoms with E-state index in [2.05, 4.69) is 39.8 Å². The van der Waals surface area contributed by atoms with Crippen molar-refractivity contribution in [3.8, 4) is 5.75 Å². The largest absolute Gasteiger partial charge is 0.497 e. The summed E-state index contributed by atoms with van der Waals surface area (Å²) in [5.74, 6) is 2.63. The zero-order valence-corrected chi connectivity index (χ0v) is 16.6. The first-order valence-corrected chi connectivity index (χ1v) is 10.6. The van der Waals surface area contributed by atoms with E-state index in [1.807, 2.05) is 12.1 Å². The van der Waals surface area contributed by atoms with Crippen molar-refractivity contribution in [1.82, 2.24) is 9.47 Å². The van der Waals surface area contributed by atoms with E-state index in [1.165, 1.54) is 42.9 Å². The SMILES string of the molecule is COc1ccc2c3ccccc3n(CC(=O)N3CC[C@H]4CCCC[C@H]4C3)c2c1. The van der Waals surface area contributed by atoms with Crippen LogP contribution in [0.3, 0.4) is 0 Å². The molecular weight excluding hydrogens is 348 g/mol. The molecule has 1 aliphatic carbocycles. The minimum absolute atomic E-state index is 0.245. The summed E-state index contributed by atoms with van der Waals surface area (Å²) >= 11 is 0. The zero-order chi connectivity index (χ0) is 19.1. The third kappa shape index (κ3) is 2.95. The fourth-order valence-electron chi connectivity index (χ4n) is 5.39. The molecule has 0 bridgehead atoms. The minimum Gasteiger partial charge on any atom is -0.497 e. The van der Waals surface area contributed by atoms with E-state index in [4.69, 9.17) is 4.74 Å². The molecule has 0 unspecified atom stereocenters. The smallest absolute Gasteiger partial charge is 0.242 e. The summed E-state index contributed by atoms with van der Waals surface area (Å²) in [7, 11) is 1.69. The van der Waals surface area contributed by atoms with Gasteiger partial charge in [0.05, 0.1) is 12.6 Å². The molecule has 4 nitrogen and oxygen atoms in total. The Morgan fingerprint density at radius 1 is 1.00 bits per heavy atom. The summed E-state index contributed by atoms with van der Waals surface area (Å²) in [6.45, 7) is 2.26. The summed E-state index contributed by atoms with van der Waals surface area (Å²) in [5.41, 5.74) is 2.19. The van der Waals surface area contributed by atoms with Crippen molar-refractivity contribution in [1.29, 1.82) is 0 Å². The molecule has 1 saturated heterocycles. The predicted octanol–water partition coefficient (Wildman–Crippen LogP) is 4.84. The normalized spacial score (nSPS) is 22.4. The van der Waals surface area contributed by atoms with E-state index in [1.54, 1.807) is 7.11 Å². The van der Waals surface area contributed by atoms with Crippen LogP contribution in [0.25, 0.3) is 21.8 Å². The molecule has 0 spiro atoms. The summed E-state index contributed by atoms with van der Waals surface area (Å²) in [6.07, 6.45) is 6.53. The molecule has 1 aliphatic heterocycles. The Labute approximate surface area is 166 Å². The van der Waals surface area contributed by atoms with Gasteiger partial charge >= 0.3 is 0 Å². The van der Waals surface area contributed by atoms with E-state index in [0.29, 0.717) is 12.5 Å². The van der Waals surface area contributed by atoms with Gasteiger partial charge in [0.1, 0.15) is 12.3 Å². The van der Waals surface area contributed by atoms with Gasteiger partial charge in [-0.25, -0.2) is 0 Å². The monoisotopic (exact) mass is 376 g/mol. The molecule has 1 amide bonds. The van der Waals surface area contributed by atoms with Crippen LogP contribution >= 0.6 is 0 Å². The quantitative estimate of drug-likeness (QED) is 0.655. The van der Waals surface area contributed by atoms with Crippen molar-refractivity contribution >= 4 is 27.7 Å². The topological polar surface area (TPSA) is 34.5 Å². The van der Waals surface area contributed by atoms with Gasteiger partial charge in [0, 0.05) is 35.4 Å². The Morgan fingerprint density at radius 2 is 1.79 bits per heavy atom. The van der Waals surface area contributed by atoms with Gasteiger partial charge < -0.3 is 14.2 Å². The minimum atomic E-state index is 0.245. The molecule has 28 heavy (non-hydrogen) atoms. The van der Waals surface area contributed by atoms with E-state index in [-0.39, 0.29) is 5.91 Å². The molecule has 1 aromatic heterocycles. The van der Waals surface area contributed by atoms with Gasteiger partial charge in [-0.3, -0.25) is 4.79 Å². The third-order valence-electron chi connectivity index (χ3n) is 6.92. The molecule has 2 aliphatic rings. The fraction of sp³-hybridized carbons (Fsp3) is 0.458. The number of ether oxygens (including phenoxy) is 1. The Kier molecular flexibility index (Phi) is 4.50. The average Bonchev–Trinajstić information content (AvgIpc) is 3.06. The van der Waals surface area contributed by atoms with Crippen LogP contribution in [0.4, 0.5) is 0 Å². The molecule has 2 atom stereocenters. The molecule has 5 rings (SSSR count). The van der Waals surface area contributed by atoms with Crippen molar-refractivity contribution in [3.05, 3.63) is 42.5 Å². The van der Waals surface area contributed by atoms with Crippen LogP contribution in [-0.2, 0) is 11.3 Å². The van der Waals surface area contributed by atoms with Crippen LogP contribution in [0.1, 0.15) is 32.1 Å². The van der Waals surface area contributed by atoms with Crippen LogP contribution < -0.4 is 4.74 Å². The lowest BCUT2D eigenvalue weighted by atomic mass is 9.75. The van der Waals surface area contributed by atoms with Gasteiger partial charge in [0.25, 0.3) is 0 Å². The first-order valence-electron chi connectivity index (χ1n) is 10.6. The first kappa shape index (κ1) is 17.6. The fourth-order valence-corrected chi connectivity index (χ4v) is 5.39. The van der Waals surface area contributed by atoms with Crippen molar-refractivity contribution < 1.29 is 9.53 Å². The Bertz CT molecular complexity index is 1020. The Hall–Kier alpha value is -2.49. The number of rotatable bonds is 3. The maximum absolute atomic E-state index is 13.3. The number of fused-ring (bicyclic) bond motifs is 4. The number of aromatic nitrogens is 1. The standard InChI is InChI=1S/C24H28N2O2/c1-28-19-10-11-21-20-8-4-5-9-22(20)26(23(21)14-19)16-24(27)25-13-12-17-6-2-3-7-18(17)15-25/h4-5,8-11,14,17-18H,2-3,6-7,12-13,15-16H2,1H3/t17-,18+/m1/s1. The van der Waals surface area contributed by atoms with Crippen LogP contribution in [-0.4, -0.2) is 35.6 Å². The number of nitrogens with zero attached hydrogens (tertiary/aromatic N) is 2. The molecule has 0 N–H and O–H groups in total. The van der Waals surface area contributed by atoms with Crippen molar-refractivity contribution in [2.75, 3.05) is 20.2 Å². The highest BCUT2D eigenvalue weighted by Crippen LogP contribution is 2.36. The van der Waals surface area contributed by atoms with Crippen LogP contribution in [0, 0.1) is 11.8 Å². The number of piperidine rings is 1. The van der Waals surface area contributed by atoms with Gasteiger partial charge in [-0.1, -0.05) is 37.5 Å². The van der Waals surface area contributed by atoms with Gasteiger partial charge in [-0.05, 0) is 42.9 Å². The summed E-state index contributed by atoms with van der Waals surface area (Å²) < 4.78 is 7.61. The highest BCUT2D eigenvalue weighted by molar-refractivity contribution is 6.09. The number of benzene rings is 2. The molecule has 1 saturated carbocycles. The molecule has 4 heteroatoms. The molecule has 2 aromatic carbocycles. The van der Waals surface area contributed by atoms with Crippen molar-refractivity contribution in [3.63, 3.8) is 0 Å². The average molecular weight is 377 g/mol. The predicted molar refractivity (Wildman–Crippen MR) is 113 cm³/mol. The lowest BCUT2D eigenvalue weighted by Gasteiger charge is -2.41. The number of hydrogen-bond donors (Lipinski definition) is 0.